The normalized spacial score (nSPS) is 16.1. The van der Waals surface area contributed by atoms with Crippen molar-refractivity contribution in [2.45, 2.75) is 90.0 Å². The van der Waals surface area contributed by atoms with E-state index in [4.69, 9.17) is 5.73 Å². The molecule has 114 valence electrons. The van der Waals surface area contributed by atoms with Crippen molar-refractivity contribution in [3.05, 3.63) is 21.4 Å². The van der Waals surface area contributed by atoms with Gasteiger partial charge >= 0.3 is 0 Å². The monoisotopic (exact) mass is 293 g/mol. The molecular weight excluding hydrogens is 262 g/mol. The predicted octanol–water partition coefficient (Wildman–Crippen LogP) is 5.77. The van der Waals surface area contributed by atoms with Crippen molar-refractivity contribution in [1.82, 2.24) is 0 Å². The zero-order chi connectivity index (χ0) is 14.2. The molecule has 0 spiro atoms. The van der Waals surface area contributed by atoms with Crippen molar-refractivity contribution in [2.75, 3.05) is 0 Å². The predicted molar refractivity (Wildman–Crippen MR) is 90.5 cm³/mol. The number of unbranched alkanes of at least 4 members (excludes halogenated alkanes) is 6. The molecule has 0 radical (unpaired) electrons. The Hall–Kier alpha value is -0.340. The standard InChI is InChI=1S/C18H31NS/c1-2-3-4-5-6-7-8-12-16(19)18-14-15-11-9-10-13-17(15)20-18/h14,16H,2-13,19H2,1H3. The van der Waals surface area contributed by atoms with Gasteiger partial charge < -0.3 is 5.73 Å². The molecule has 0 aromatic carbocycles. The first-order chi connectivity index (χ1) is 9.81. The number of rotatable bonds is 9. The third-order valence-corrected chi connectivity index (χ3v) is 5.87. The Morgan fingerprint density at radius 2 is 1.75 bits per heavy atom. The molecule has 2 N–H and O–H groups in total. The molecule has 1 aromatic rings. The van der Waals surface area contributed by atoms with Gasteiger partial charge in [-0.1, -0.05) is 51.9 Å². The Morgan fingerprint density at radius 3 is 2.50 bits per heavy atom. The van der Waals surface area contributed by atoms with Crippen molar-refractivity contribution in [3.8, 4) is 0 Å². The van der Waals surface area contributed by atoms with Gasteiger partial charge in [0.25, 0.3) is 0 Å². The maximum absolute atomic E-state index is 6.38. The minimum atomic E-state index is 0.293. The lowest BCUT2D eigenvalue weighted by atomic mass is 9.98. The molecular formula is C18H31NS. The number of hydrogen-bond donors (Lipinski definition) is 1. The molecule has 0 fully saturated rings. The summed E-state index contributed by atoms with van der Waals surface area (Å²) in [5, 5.41) is 0. The summed E-state index contributed by atoms with van der Waals surface area (Å²) in [5.74, 6) is 0. The molecule has 0 saturated carbocycles. The first kappa shape index (κ1) is 16.0. The largest absolute Gasteiger partial charge is 0.323 e. The third kappa shape index (κ3) is 4.89. The van der Waals surface area contributed by atoms with Gasteiger partial charge in [0.2, 0.25) is 0 Å². The van der Waals surface area contributed by atoms with E-state index >= 15 is 0 Å². The lowest BCUT2D eigenvalue weighted by Crippen LogP contribution is -2.08. The number of aryl methyl sites for hydroxylation is 2. The van der Waals surface area contributed by atoms with Crippen LogP contribution in [0.4, 0.5) is 0 Å². The molecule has 1 aliphatic rings. The molecule has 2 rings (SSSR count). The number of thiophene rings is 1. The van der Waals surface area contributed by atoms with Crippen molar-refractivity contribution in [2.24, 2.45) is 5.73 Å². The SMILES string of the molecule is CCCCCCCCCC(N)c1cc2c(s1)CCCC2. The van der Waals surface area contributed by atoms with Crippen LogP contribution in [-0.4, -0.2) is 0 Å². The van der Waals surface area contributed by atoms with Gasteiger partial charge in [0.15, 0.2) is 0 Å². The van der Waals surface area contributed by atoms with Crippen LogP contribution in [0.1, 0.15) is 92.5 Å². The summed E-state index contributed by atoms with van der Waals surface area (Å²) in [6.07, 6.45) is 16.1. The lowest BCUT2D eigenvalue weighted by Gasteiger charge is -2.09. The zero-order valence-electron chi connectivity index (χ0n) is 13.1. The summed E-state index contributed by atoms with van der Waals surface area (Å²) in [6, 6.07) is 2.70. The topological polar surface area (TPSA) is 26.0 Å². The molecule has 1 aromatic heterocycles. The summed E-state index contributed by atoms with van der Waals surface area (Å²) < 4.78 is 0. The maximum Gasteiger partial charge on any atom is 0.0389 e. The minimum absolute atomic E-state index is 0.293. The Morgan fingerprint density at radius 1 is 1.05 bits per heavy atom. The molecule has 1 aliphatic carbocycles. The second kappa shape index (κ2) is 8.84. The van der Waals surface area contributed by atoms with Crippen LogP contribution in [0.5, 0.6) is 0 Å². The first-order valence-corrected chi connectivity index (χ1v) is 9.50. The summed E-state index contributed by atoms with van der Waals surface area (Å²) in [5.41, 5.74) is 7.98. The van der Waals surface area contributed by atoms with E-state index in [0.717, 1.165) is 0 Å². The average molecular weight is 294 g/mol. The minimum Gasteiger partial charge on any atom is -0.323 e. The van der Waals surface area contributed by atoms with Gasteiger partial charge in [-0.05, 0) is 43.7 Å². The van der Waals surface area contributed by atoms with Crippen LogP contribution in [0.3, 0.4) is 0 Å². The molecule has 0 amide bonds. The van der Waals surface area contributed by atoms with Crippen LogP contribution in [0.25, 0.3) is 0 Å². The van der Waals surface area contributed by atoms with Crippen molar-refractivity contribution in [1.29, 1.82) is 0 Å². The highest BCUT2D eigenvalue weighted by Gasteiger charge is 2.16. The molecule has 0 bridgehead atoms. The molecule has 2 heteroatoms. The fraction of sp³-hybridized carbons (Fsp3) is 0.778. The van der Waals surface area contributed by atoms with E-state index in [1.165, 1.54) is 81.9 Å². The second-order valence-corrected chi connectivity index (χ2v) is 7.49. The molecule has 0 saturated heterocycles. The molecule has 0 aliphatic heterocycles. The van der Waals surface area contributed by atoms with Gasteiger partial charge in [0, 0.05) is 15.8 Å². The average Bonchev–Trinajstić information content (AvgIpc) is 2.90. The quantitative estimate of drug-likeness (QED) is 0.575. The molecule has 1 heterocycles. The van der Waals surface area contributed by atoms with Crippen LogP contribution in [0.2, 0.25) is 0 Å². The van der Waals surface area contributed by atoms with Crippen LogP contribution in [0, 0.1) is 0 Å². The van der Waals surface area contributed by atoms with E-state index in [1.807, 2.05) is 11.3 Å². The van der Waals surface area contributed by atoms with Crippen LogP contribution >= 0.6 is 11.3 Å². The van der Waals surface area contributed by atoms with Crippen LogP contribution < -0.4 is 5.73 Å². The summed E-state index contributed by atoms with van der Waals surface area (Å²) in [4.78, 5) is 3.07. The number of hydrogen-bond acceptors (Lipinski definition) is 2. The van der Waals surface area contributed by atoms with Crippen LogP contribution in [0.15, 0.2) is 6.07 Å². The highest BCUT2D eigenvalue weighted by molar-refractivity contribution is 7.12. The van der Waals surface area contributed by atoms with E-state index in [2.05, 4.69) is 13.0 Å². The first-order valence-electron chi connectivity index (χ1n) is 8.68. The summed E-state index contributed by atoms with van der Waals surface area (Å²) in [6.45, 7) is 2.28. The van der Waals surface area contributed by atoms with E-state index in [9.17, 15) is 0 Å². The molecule has 1 nitrogen and oxygen atoms in total. The fourth-order valence-electron chi connectivity index (χ4n) is 3.16. The Bertz CT molecular complexity index is 359. The molecule has 1 unspecified atom stereocenters. The highest BCUT2D eigenvalue weighted by Crippen LogP contribution is 2.33. The highest BCUT2D eigenvalue weighted by atomic mass is 32.1. The van der Waals surface area contributed by atoms with Crippen molar-refractivity contribution < 1.29 is 0 Å². The summed E-state index contributed by atoms with van der Waals surface area (Å²) >= 11 is 1.99. The van der Waals surface area contributed by atoms with Gasteiger partial charge in [-0.3, -0.25) is 0 Å². The lowest BCUT2D eigenvalue weighted by molar-refractivity contribution is 0.544. The van der Waals surface area contributed by atoms with Gasteiger partial charge in [-0.15, -0.1) is 11.3 Å². The van der Waals surface area contributed by atoms with E-state index in [-0.39, 0.29) is 0 Å². The van der Waals surface area contributed by atoms with E-state index in [1.54, 1.807) is 10.4 Å². The Kier molecular flexibility index (Phi) is 7.09. The van der Waals surface area contributed by atoms with Crippen molar-refractivity contribution >= 4 is 11.3 Å². The van der Waals surface area contributed by atoms with Crippen LogP contribution in [-0.2, 0) is 12.8 Å². The number of fused-ring (bicyclic) bond motifs is 1. The van der Waals surface area contributed by atoms with Gasteiger partial charge in [0.1, 0.15) is 0 Å². The van der Waals surface area contributed by atoms with Crippen molar-refractivity contribution in [3.63, 3.8) is 0 Å². The molecule has 20 heavy (non-hydrogen) atoms. The van der Waals surface area contributed by atoms with Gasteiger partial charge in [0.05, 0.1) is 0 Å². The zero-order valence-corrected chi connectivity index (χ0v) is 13.9. The number of nitrogens with two attached hydrogens (primary N) is 1. The maximum atomic E-state index is 6.38. The Labute approximate surface area is 129 Å². The molecule has 1 atom stereocenters. The van der Waals surface area contributed by atoms with E-state index < -0.39 is 0 Å². The van der Waals surface area contributed by atoms with E-state index in [0.29, 0.717) is 6.04 Å². The Balaban J connectivity index is 1.64. The third-order valence-electron chi connectivity index (χ3n) is 4.50. The fourth-order valence-corrected chi connectivity index (χ4v) is 4.45. The van der Waals surface area contributed by atoms with Gasteiger partial charge in [-0.25, -0.2) is 0 Å². The summed E-state index contributed by atoms with van der Waals surface area (Å²) in [7, 11) is 0. The van der Waals surface area contributed by atoms with Gasteiger partial charge in [-0.2, -0.15) is 0 Å². The smallest absolute Gasteiger partial charge is 0.0389 e. The second-order valence-electron chi connectivity index (χ2n) is 6.32.